The van der Waals surface area contributed by atoms with E-state index < -0.39 is 0 Å². The lowest BCUT2D eigenvalue weighted by Gasteiger charge is -2.31. The van der Waals surface area contributed by atoms with Gasteiger partial charge < -0.3 is 15.3 Å². The van der Waals surface area contributed by atoms with Gasteiger partial charge in [0.05, 0.1) is 6.10 Å². The van der Waals surface area contributed by atoms with E-state index in [2.05, 4.69) is 50.4 Å². The largest absolute Gasteiger partial charge is 0.392 e. The first-order valence-corrected chi connectivity index (χ1v) is 7.81. The lowest BCUT2D eigenvalue weighted by molar-refractivity contribution is 0.0687. The Labute approximate surface area is 124 Å². The van der Waals surface area contributed by atoms with Crippen LogP contribution in [0.25, 0.3) is 0 Å². The molecule has 0 saturated carbocycles. The zero-order chi connectivity index (χ0) is 13.7. The molecular formula is C15H23BrN2O. The minimum atomic E-state index is -0.130. The average Bonchev–Trinajstić information content (AvgIpc) is 2.41. The van der Waals surface area contributed by atoms with E-state index in [0.717, 1.165) is 43.4 Å². The Kier molecular flexibility index (Phi) is 5.82. The summed E-state index contributed by atoms with van der Waals surface area (Å²) in [5, 5.41) is 13.1. The van der Waals surface area contributed by atoms with Gasteiger partial charge in [0.2, 0.25) is 0 Å². The fourth-order valence-corrected chi connectivity index (χ4v) is 2.98. The van der Waals surface area contributed by atoms with Gasteiger partial charge in [-0.3, -0.25) is 0 Å². The molecule has 0 radical (unpaired) electrons. The maximum Gasteiger partial charge on any atom is 0.0667 e. The summed E-state index contributed by atoms with van der Waals surface area (Å²) in [5.74, 6) is 0. The van der Waals surface area contributed by atoms with Gasteiger partial charge in [-0.15, -0.1) is 0 Å². The predicted octanol–water partition coefficient (Wildman–Crippen LogP) is 2.56. The highest BCUT2D eigenvalue weighted by Gasteiger charge is 2.18. The highest BCUT2D eigenvalue weighted by molar-refractivity contribution is 9.10. The molecule has 0 spiro atoms. The highest BCUT2D eigenvalue weighted by Crippen LogP contribution is 2.20. The summed E-state index contributed by atoms with van der Waals surface area (Å²) in [7, 11) is 2.01. The highest BCUT2D eigenvalue weighted by atomic mass is 79.9. The Morgan fingerprint density at radius 2 is 2.16 bits per heavy atom. The molecule has 2 unspecified atom stereocenters. The van der Waals surface area contributed by atoms with Crippen molar-refractivity contribution >= 4 is 15.9 Å². The number of halogens is 1. The molecule has 3 nitrogen and oxygen atoms in total. The number of benzene rings is 1. The van der Waals surface area contributed by atoms with Crippen molar-refractivity contribution in [3.63, 3.8) is 0 Å². The Hall–Kier alpha value is -0.420. The molecule has 1 aromatic carbocycles. The zero-order valence-electron chi connectivity index (χ0n) is 11.5. The topological polar surface area (TPSA) is 35.5 Å². The quantitative estimate of drug-likeness (QED) is 0.872. The molecule has 1 aliphatic rings. The molecule has 0 amide bonds. The molecule has 2 N–H and O–H groups in total. The Morgan fingerprint density at radius 3 is 2.79 bits per heavy atom. The molecule has 19 heavy (non-hydrogen) atoms. The van der Waals surface area contributed by atoms with Crippen LogP contribution in [0.4, 0.5) is 0 Å². The van der Waals surface area contributed by atoms with E-state index in [9.17, 15) is 5.11 Å². The number of nitrogens with one attached hydrogen (secondary N) is 1. The number of aliphatic hydroxyl groups is 1. The van der Waals surface area contributed by atoms with Gasteiger partial charge in [-0.25, -0.2) is 0 Å². The summed E-state index contributed by atoms with van der Waals surface area (Å²) in [5.41, 5.74) is 1.32. The normalized spacial score (nSPS) is 22.4. The number of β-amino-alcohol motifs (C(OH)–C–C–N with tert-alkyl or cyclic N) is 1. The van der Waals surface area contributed by atoms with Crippen LogP contribution in [-0.2, 0) is 0 Å². The van der Waals surface area contributed by atoms with Crippen LogP contribution in [0.15, 0.2) is 28.7 Å². The first-order chi connectivity index (χ1) is 9.19. The van der Waals surface area contributed by atoms with Crippen molar-refractivity contribution in [1.82, 2.24) is 10.2 Å². The summed E-state index contributed by atoms with van der Waals surface area (Å²) in [4.78, 5) is 2.37. The second kappa shape index (κ2) is 7.39. The van der Waals surface area contributed by atoms with Gasteiger partial charge in [-0.1, -0.05) is 28.1 Å². The van der Waals surface area contributed by atoms with Crippen LogP contribution in [0.3, 0.4) is 0 Å². The Bertz CT molecular complexity index is 382. The first-order valence-electron chi connectivity index (χ1n) is 7.02. The van der Waals surface area contributed by atoms with E-state index in [-0.39, 0.29) is 6.10 Å². The van der Waals surface area contributed by atoms with Crippen molar-refractivity contribution in [3.05, 3.63) is 34.3 Å². The third-order valence-corrected chi connectivity index (χ3v) is 4.36. The van der Waals surface area contributed by atoms with Crippen LogP contribution < -0.4 is 5.32 Å². The van der Waals surface area contributed by atoms with E-state index in [1.165, 1.54) is 5.56 Å². The molecule has 0 aromatic heterocycles. The number of likely N-dealkylation sites (tertiary alicyclic amines) is 1. The van der Waals surface area contributed by atoms with Crippen molar-refractivity contribution in [1.29, 1.82) is 0 Å². The van der Waals surface area contributed by atoms with Gasteiger partial charge in [0, 0.05) is 23.6 Å². The molecule has 0 aliphatic carbocycles. The minimum absolute atomic E-state index is 0.130. The SMILES string of the molecule is CNC(CCN1CCCC(O)C1)c1ccc(Br)cc1. The summed E-state index contributed by atoms with van der Waals surface area (Å²) in [6.45, 7) is 2.99. The monoisotopic (exact) mass is 326 g/mol. The molecule has 1 saturated heterocycles. The van der Waals surface area contributed by atoms with Crippen LogP contribution in [0, 0.1) is 0 Å². The number of hydrogen-bond acceptors (Lipinski definition) is 3. The summed E-state index contributed by atoms with van der Waals surface area (Å²) < 4.78 is 1.12. The molecule has 2 atom stereocenters. The lowest BCUT2D eigenvalue weighted by Crippen LogP contribution is -2.39. The van der Waals surface area contributed by atoms with Gasteiger partial charge in [0.25, 0.3) is 0 Å². The van der Waals surface area contributed by atoms with Crippen LogP contribution in [0.2, 0.25) is 0 Å². The van der Waals surface area contributed by atoms with E-state index in [4.69, 9.17) is 0 Å². The maximum absolute atomic E-state index is 9.69. The molecule has 0 bridgehead atoms. The zero-order valence-corrected chi connectivity index (χ0v) is 13.1. The fraction of sp³-hybridized carbons (Fsp3) is 0.600. The molecule has 106 valence electrons. The van der Waals surface area contributed by atoms with Crippen LogP contribution in [0.5, 0.6) is 0 Å². The molecule has 1 heterocycles. The lowest BCUT2D eigenvalue weighted by atomic mass is 10.0. The first kappa shape index (κ1) is 15.0. The summed E-state index contributed by atoms with van der Waals surface area (Å²) >= 11 is 3.47. The van der Waals surface area contributed by atoms with Gasteiger partial charge in [0.15, 0.2) is 0 Å². The second-order valence-corrected chi connectivity index (χ2v) is 6.19. The van der Waals surface area contributed by atoms with E-state index in [1.54, 1.807) is 0 Å². The van der Waals surface area contributed by atoms with Crippen LogP contribution >= 0.6 is 15.9 Å². The van der Waals surface area contributed by atoms with Gasteiger partial charge in [0.1, 0.15) is 0 Å². The third kappa shape index (κ3) is 4.56. The fourth-order valence-electron chi connectivity index (χ4n) is 2.72. The molecule has 4 heteroatoms. The van der Waals surface area contributed by atoms with E-state index >= 15 is 0 Å². The van der Waals surface area contributed by atoms with Crippen LogP contribution in [0.1, 0.15) is 30.9 Å². The Balaban J connectivity index is 1.87. The van der Waals surface area contributed by atoms with Crippen molar-refractivity contribution < 1.29 is 5.11 Å². The van der Waals surface area contributed by atoms with Gasteiger partial charge in [-0.05, 0) is 50.6 Å². The average molecular weight is 327 g/mol. The van der Waals surface area contributed by atoms with Gasteiger partial charge >= 0.3 is 0 Å². The third-order valence-electron chi connectivity index (χ3n) is 3.84. The number of nitrogens with zero attached hydrogens (tertiary/aromatic N) is 1. The minimum Gasteiger partial charge on any atom is -0.392 e. The maximum atomic E-state index is 9.69. The number of piperidine rings is 1. The van der Waals surface area contributed by atoms with Crippen LogP contribution in [-0.4, -0.2) is 42.8 Å². The molecule has 1 aliphatic heterocycles. The number of rotatable bonds is 5. The number of aliphatic hydroxyl groups excluding tert-OH is 1. The molecule has 1 fully saturated rings. The van der Waals surface area contributed by atoms with E-state index in [1.807, 2.05) is 7.05 Å². The molecular weight excluding hydrogens is 304 g/mol. The summed E-state index contributed by atoms with van der Waals surface area (Å²) in [6, 6.07) is 8.88. The number of hydrogen-bond donors (Lipinski definition) is 2. The van der Waals surface area contributed by atoms with Crippen molar-refractivity contribution in [2.45, 2.75) is 31.4 Å². The van der Waals surface area contributed by atoms with Crippen molar-refractivity contribution in [2.75, 3.05) is 26.7 Å². The standard InChI is InChI=1S/C15H23BrN2O/c1-17-15(12-4-6-13(16)7-5-12)8-10-18-9-2-3-14(19)11-18/h4-7,14-15,17,19H,2-3,8-11H2,1H3. The molecule has 1 aromatic rings. The summed E-state index contributed by atoms with van der Waals surface area (Å²) in [6.07, 6.45) is 3.02. The predicted molar refractivity (Wildman–Crippen MR) is 82.2 cm³/mol. The second-order valence-electron chi connectivity index (χ2n) is 5.28. The molecule has 2 rings (SSSR count). The van der Waals surface area contributed by atoms with Crippen molar-refractivity contribution in [3.8, 4) is 0 Å². The van der Waals surface area contributed by atoms with Gasteiger partial charge in [-0.2, -0.15) is 0 Å². The Morgan fingerprint density at radius 1 is 1.42 bits per heavy atom. The van der Waals surface area contributed by atoms with E-state index in [0.29, 0.717) is 6.04 Å². The van der Waals surface area contributed by atoms with Crippen molar-refractivity contribution in [2.24, 2.45) is 0 Å². The smallest absolute Gasteiger partial charge is 0.0667 e.